The Kier molecular flexibility index (Phi) is 5.43. The molecular weight excluding hydrogens is 373 g/mol. The molecule has 1 aromatic carbocycles. The number of aryl methyl sites for hydroxylation is 2. The van der Waals surface area contributed by atoms with Crippen molar-refractivity contribution < 1.29 is 9.59 Å². The van der Waals surface area contributed by atoms with Crippen molar-refractivity contribution in [1.29, 1.82) is 0 Å². The van der Waals surface area contributed by atoms with Crippen LogP contribution in [-0.2, 0) is 15.9 Å². The standard InChI is InChI=1S/C24H30BN3O2/c1-17(2)28-15-22(29)25(14-20-7-5-18(3)6-8-20)24(23(28)30)10-12-27(16-24)21-9-11-26-19(4)13-21/h5-9,11,13,17H,10,12,14-16H2,1-4H3. The highest BCUT2D eigenvalue weighted by Gasteiger charge is 2.59. The molecule has 156 valence electrons. The van der Waals surface area contributed by atoms with Crippen LogP contribution in [0.2, 0.25) is 5.31 Å². The normalized spacial score (nSPS) is 22.0. The molecule has 1 aromatic heterocycles. The lowest BCUT2D eigenvalue weighted by atomic mass is 9.26. The molecule has 0 aliphatic carbocycles. The Hall–Kier alpha value is -2.63. The molecule has 3 heterocycles. The van der Waals surface area contributed by atoms with Crippen molar-refractivity contribution in [2.45, 2.75) is 51.8 Å². The van der Waals surface area contributed by atoms with E-state index in [9.17, 15) is 9.59 Å². The molecule has 2 aromatic rings. The fourth-order valence-corrected chi connectivity index (χ4v) is 5.02. The van der Waals surface area contributed by atoms with Crippen LogP contribution in [0.15, 0.2) is 42.6 Å². The molecule has 2 fully saturated rings. The van der Waals surface area contributed by atoms with Crippen molar-refractivity contribution in [3.8, 4) is 0 Å². The maximum Gasteiger partial charge on any atom is 0.249 e. The van der Waals surface area contributed by atoms with Crippen LogP contribution in [0.3, 0.4) is 0 Å². The Morgan fingerprint density at radius 2 is 1.87 bits per heavy atom. The number of aromatic nitrogens is 1. The Morgan fingerprint density at radius 3 is 2.53 bits per heavy atom. The number of anilines is 1. The highest BCUT2D eigenvalue weighted by Crippen LogP contribution is 2.47. The number of pyridine rings is 1. The zero-order valence-electron chi connectivity index (χ0n) is 18.4. The van der Waals surface area contributed by atoms with Gasteiger partial charge in [0.15, 0.2) is 0 Å². The van der Waals surface area contributed by atoms with Gasteiger partial charge < -0.3 is 14.6 Å². The molecule has 1 unspecified atom stereocenters. The van der Waals surface area contributed by atoms with Gasteiger partial charge in [-0.1, -0.05) is 35.4 Å². The number of rotatable bonds is 4. The number of carbonyl (C=O) groups excluding carboxylic acids is 2. The monoisotopic (exact) mass is 403 g/mol. The zero-order valence-corrected chi connectivity index (χ0v) is 18.4. The zero-order chi connectivity index (χ0) is 21.5. The Labute approximate surface area is 179 Å². The van der Waals surface area contributed by atoms with Gasteiger partial charge in [-0.3, -0.25) is 9.78 Å². The highest BCUT2D eigenvalue weighted by atomic mass is 16.2. The fourth-order valence-electron chi connectivity index (χ4n) is 5.02. The number of hydrogen-bond donors (Lipinski definition) is 0. The Morgan fingerprint density at radius 1 is 1.13 bits per heavy atom. The molecule has 2 aliphatic rings. The van der Waals surface area contributed by atoms with Crippen molar-refractivity contribution in [3.05, 3.63) is 59.4 Å². The van der Waals surface area contributed by atoms with Crippen LogP contribution in [0.25, 0.3) is 0 Å². The highest BCUT2D eigenvalue weighted by molar-refractivity contribution is 6.95. The van der Waals surface area contributed by atoms with Gasteiger partial charge in [0.1, 0.15) is 5.68 Å². The topological polar surface area (TPSA) is 53.5 Å². The van der Waals surface area contributed by atoms with Crippen LogP contribution in [0, 0.1) is 13.8 Å². The van der Waals surface area contributed by atoms with E-state index >= 15 is 0 Å². The van der Waals surface area contributed by atoms with Gasteiger partial charge in [-0.15, -0.1) is 0 Å². The average Bonchev–Trinajstić information content (AvgIpc) is 3.16. The molecule has 0 saturated carbocycles. The molecule has 1 atom stereocenters. The van der Waals surface area contributed by atoms with Crippen molar-refractivity contribution >= 4 is 24.0 Å². The largest absolute Gasteiger partial charge is 0.371 e. The van der Waals surface area contributed by atoms with E-state index in [0.717, 1.165) is 23.5 Å². The van der Waals surface area contributed by atoms with Gasteiger partial charge in [0, 0.05) is 36.7 Å². The first-order chi connectivity index (χ1) is 14.3. The molecule has 1 spiro atoms. The summed E-state index contributed by atoms with van der Waals surface area (Å²) >= 11 is 0. The first-order valence-electron chi connectivity index (χ1n) is 10.9. The summed E-state index contributed by atoms with van der Waals surface area (Å²) in [5, 5.41) is -0.665. The summed E-state index contributed by atoms with van der Waals surface area (Å²) in [6, 6.07) is 12.4. The average molecular weight is 403 g/mol. The molecular formula is C24H30BN3O2. The van der Waals surface area contributed by atoms with Crippen LogP contribution in [0.5, 0.6) is 0 Å². The summed E-state index contributed by atoms with van der Waals surface area (Å²) in [5.41, 5.74) is 4.56. The van der Waals surface area contributed by atoms with Crippen molar-refractivity contribution in [2.24, 2.45) is 0 Å². The number of benzene rings is 1. The molecule has 5 nitrogen and oxygen atoms in total. The van der Waals surface area contributed by atoms with Gasteiger partial charge >= 0.3 is 0 Å². The number of nitrogens with zero attached hydrogens (tertiary/aromatic N) is 3. The minimum Gasteiger partial charge on any atom is -0.371 e. The Bertz CT molecular complexity index is 959. The predicted molar refractivity (Wildman–Crippen MR) is 121 cm³/mol. The quantitative estimate of drug-likeness (QED) is 0.736. The number of amides is 1. The minimum atomic E-state index is -0.665. The second-order valence-corrected chi connectivity index (χ2v) is 9.22. The van der Waals surface area contributed by atoms with E-state index in [1.165, 1.54) is 5.56 Å². The molecule has 2 aliphatic heterocycles. The van der Waals surface area contributed by atoms with E-state index in [4.69, 9.17) is 0 Å². The van der Waals surface area contributed by atoms with Gasteiger partial charge in [0.05, 0.1) is 11.9 Å². The SMILES string of the molecule is Cc1ccc(CB2C(=O)CN(C(C)C)C(=O)C23CCN(c2ccnc(C)c2)C3)cc1. The summed E-state index contributed by atoms with van der Waals surface area (Å²) in [7, 11) is 0. The van der Waals surface area contributed by atoms with E-state index in [-0.39, 0.29) is 30.9 Å². The number of carbonyl (C=O) groups is 2. The maximum absolute atomic E-state index is 13.8. The third-order valence-electron chi connectivity index (χ3n) is 6.80. The molecule has 0 radical (unpaired) electrons. The lowest BCUT2D eigenvalue weighted by Gasteiger charge is -2.44. The van der Waals surface area contributed by atoms with Gasteiger partial charge in [-0.2, -0.15) is 0 Å². The van der Waals surface area contributed by atoms with E-state index in [1.807, 2.05) is 33.0 Å². The number of hydrogen-bond acceptors (Lipinski definition) is 4. The first-order valence-corrected chi connectivity index (χ1v) is 10.9. The lowest BCUT2D eigenvalue weighted by molar-refractivity contribution is -0.140. The van der Waals surface area contributed by atoms with Crippen LogP contribution in [0.1, 0.15) is 37.1 Å². The lowest BCUT2D eigenvalue weighted by Crippen LogP contribution is -2.62. The van der Waals surface area contributed by atoms with E-state index < -0.39 is 5.31 Å². The van der Waals surface area contributed by atoms with Crippen molar-refractivity contribution in [2.75, 3.05) is 24.5 Å². The van der Waals surface area contributed by atoms with Crippen LogP contribution < -0.4 is 4.90 Å². The molecule has 4 rings (SSSR count). The second-order valence-electron chi connectivity index (χ2n) is 9.22. The van der Waals surface area contributed by atoms with E-state index in [0.29, 0.717) is 19.3 Å². The first kappa shape index (κ1) is 20.6. The fraction of sp³-hybridized carbons (Fsp3) is 0.458. The van der Waals surface area contributed by atoms with Crippen LogP contribution >= 0.6 is 0 Å². The third kappa shape index (κ3) is 3.64. The van der Waals surface area contributed by atoms with E-state index in [2.05, 4.69) is 47.1 Å². The Balaban J connectivity index is 1.69. The summed E-state index contributed by atoms with van der Waals surface area (Å²) in [6.07, 6.45) is 3.15. The molecule has 0 bridgehead atoms. The summed E-state index contributed by atoms with van der Waals surface area (Å²) in [5.74, 6) is 0.141. The van der Waals surface area contributed by atoms with Gasteiger partial charge in [0.25, 0.3) is 0 Å². The maximum atomic E-state index is 13.8. The second kappa shape index (κ2) is 7.90. The van der Waals surface area contributed by atoms with Crippen molar-refractivity contribution in [1.82, 2.24) is 9.88 Å². The smallest absolute Gasteiger partial charge is 0.249 e. The molecule has 0 N–H and O–H groups in total. The summed E-state index contributed by atoms with van der Waals surface area (Å²) < 4.78 is 0. The molecule has 6 heteroatoms. The molecule has 2 saturated heterocycles. The molecule has 30 heavy (non-hydrogen) atoms. The van der Waals surface area contributed by atoms with Crippen LogP contribution in [0.4, 0.5) is 5.69 Å². The summed E-state index contributed by atoms with van der Waals surface area (Å²) in [6.45, 7) is 9.34. The summed E-state index contributed by atoms with van der Waals surface area (Å²) in [4.78, 5) is 35.5. The minimum absolute atomic E-state index is 0.0240. The molecule has 1 amide bonds. The predicted octanol–water partition coefficient (Wildman–Crippen LogP) is 3.28. The third-order valence-corrected chi connectivity index (χ3v) is 6.80. The van der Waals surface area contributed by atoms with Gasteiger partial charge in [0.2, 0.25) is 12.6 Å². The van der Waals surface area contributed by atoms with Gasteiger partial charge in [-0.05, 0) is 52.6 Å². The van der Waals surface area contributed by atoms with Crippen molar-refractivity contribution in [3.63, 3.8) is 0 Å². The van der Waals surface area contributed by atoms with Gasteiger partial charge in [-0.25, -0.2) is 0 Å². The van der Waals surface area contributed by atoms with Crippen LogP contribution in [-0.4, -0.2) is 53.9 Å². The van der Waals surface area contributed by atoms with E-state index in [1.54, 1.807) is 4.90 Å².